The topological polar surface area (TPSA) is 6.48 Å². The van der Waals surface area contributed by atoms with Crippen molar-refractivity contribution in [3.63, 3.8) is 0 Å². The Kier molecular flexibility index (Phi) is 3.45. The van der Waals surface area contributed by atoms with E-state index in [9.17, 15) is 0 Å². The van der Waals surface area contributed by atoms with Crippen molar-refractivity contribution in [3.8, 4) is 0 Å². The number of fused-ring (bicyclic) bond motifs is 1. The average molecular weight is 196 g/mol. The Labute approximate surface area is 88.3 Å². The van der Waals surface area contributed by atoms with Gasteiger partial charge < -0.3 is 9.80 Å². The first kappa shape index (κ1) is 10.4. The summed E-state index contributed by atoms with van der Waals surface area (Å²) in [5.74, 6) is 2.02. The molecule has 0 bridgehead atoms. The van der Waals surface area contributed by atoms with Crippen LogP contribution in [0, 0.1) is 11.8 Å². The molecule has 0 N–H and O–H groups in total. The molecule has 82 valence electrons. The molecule has 2 fully saturated rings. The maximum atomic E-state index is 2.52. The summed E-state index contributed by atoms with van der Waals surface area (Å²) >= 11 is 0. The number of hydrogen-bond acceptors (Lipinski definition) is 2. The zero-order valence-electron chi connectivity index (χ0n) is 9.71. The Morgan fingerprint density at radius 2 is 1.50 bits per heavy atom. The van der Waals surface area contributed by atoms with Gasteiger partial charge in [-0.15, -0.1) is 0 Å². The predicted octanol–water partition coefficient (Wildman–Crippen LogP) is 1.67. The molecule has 2 nitrogen and oxygen atoms in total. The van der Waals surface area contributed by atoms with Gasteiger partial charge in [-0.3, -0.25) is 0 Å². The van der Waals surface area contributed by atoms with Crippen molar-refractivity contribution in [1.29, 1.82) is 0 Å². The number of rotatable bonds is 0. The molecule has 0 amide bonds. The van der Waals surface area contributed by atoms with Crippen LogP contribution in [0.3, 0.4) is 0 Å². The third kappa shape index (κ3) is 2.48. The zero-order valence-corrected chi connectivity index (χ0v) is 9.71. The molecule has 0 aliphatic carbocycles. The normalized spacial score (nSPS) is 37.3. The van der Waals surface area contributed by atoms with Crippen molar-refractivity contribution in [1.82, 2.24) is 9.80 Å². The highest BCUT2D eigenvalue weighted by Gasteiger charge is 2.28. The van der Waals surface area contributed by atoms with Crippen LogP contribution in [0.1, 0.15) is 25.7 Å². The molecule has 0 aromatic heterocycles. The van der Waals surface area contributed by atoms with E-state index < -0.39 is 0 Å². The molecule has 14 heavy (non-hydrogen) atoms. The van der Waals surface area contributed by atoms with Gasteiger partial charge in [0.2, 0.25) is 0 Å². The summed E-state index contributed by atoms with van der Waals surface area (Å²) in [7, 11) is 4.55. The van der Waals surface area contributed by atoms with Gasteiger partial charge in [0.1, 0.15) is 0 Å². The molecule has 2 rings (SSSR count). The highest BCUT2D eigenvalue weighted by Crippen LogP contribution is 2.30. The largest absolute Gasteiger partial charge is 0.306 e. The minimum Gasteiger partial charge on any atom is -0.306 e. The van der Waals surface area contributed by atoms with E-state index >= 15 is 0 Å². The number of piperidine rings is 1. The van der Waals surface area contributed by atoms with E-state index in [1.54, 1.807) is 0 Å². The molecule has 2 aliphatic rings. The van der Waals surface area contributed by atoms with E-state index in [0.29, 0.717) is 0 Å². The maximum Gasteiger partial charge on any atom is 0.000928 e. The summed E-state index contributed by atoms with van der Waals surface area (Å²) in [5.41, 5.74) is 0. The van der Waals surface area contributed by atoms with E-state index in [0.717, 1.165) is 11.8 Å². The molecule has 2 atom stereocenters. The number of likely N-dealkylation sites (tertiary alicyclic amines) is 2. The van der Waals surface area contributed by atoms with Crippen molar-refractivity contribution < 1.29 is 0 Å². The zero-order chi connectivity index (χ0) is 9.97. The molecule has 0 saturated carbocycles. The maximum absolute atomic E-state index is 2.52. The molecule has 2 aliphatic heterocycles. The SMILES string of the molecule is CN1CCCC2CN(C)CCC2CC1. The highest BCUT2D eigenvalue weighted by molar-refractivity contribution is 4.81. The van der Waals surface area contributed by atoms with Gasteiger partial charge in [0.05, 0.1) is 0 Å². The summed E-state index contributed by atoms with van der Waals surface area (Å²) < 4.78 is 0. The highest BCUT2D eigenvalue weighted by atomic mass is 15.1. The molecule has 0 spiro atoms. The Morgan fingerprint density at radius 1 is 0.786 bits per heavy atom. The smallest absolute Gasteiger partial charge is 0.000928 e. The summed E-state index contributed by atoms with van der Waals surface area (Å²) in [6, 6.07) is 0. The second-order valence-electron chi connectivity index (χ2n) is 5.31. The van der Waals surface area contributed by atoms with Crippen LogP contribution in [-0.2, 0) is 0 Å². The van der Waals surface area contributed by atoms with Crippen LogP contribution in [0.15, 0.2) is 0 Å². The summed E-state index contributed by atoms with van der Waals surface area (Å²) in [4.78, 5) is 5.03. The van der Waals surface area contributed by atoms with Crippen LogP contribution >= 0.6 is 0 Å². The molecular formula is C12H24N2. The predicted molar refractivity (Wildman–Crippen MR) is 60.4 cm³/mol. The lowest BCUT2D eigenvalue weighted by atomic mass is 9.79. The van der Waals surface area contributed by atoms with Crippen molar-refractivity contribution in [2.75, 3.05) is 40.3 Å². The van der Waals surface area contributed by atoms with E-state index in [1.807, 2.05) is 0 Å². The fraction of sp³-hybridized carbons (Fsp3) is 1.00. The molecule has 2 heterocycles. The van der Waals surface area contributed by atoms with Gasteiger partial charge >= 0.3 is 0 Å². The van der Waals surface area contributed by atoms with Gasteiger partial charge in [0.25, 0.3) is 0 Å². The molecule has 0 radical (unpaired) electrons. The standard InChI is InChI=1S/C12H24N2/c1-13-7-3-4-12-10-14(2)9-6-11(12)5-8-13/h11-12H,3-10H2,1-2H3. The Hall–Kier alpha value is -0.0800. The Bertz CT molecular complexity index is 179. The molecular weight excluding hydrogens is 172 g/mol. The monoisotopic (exact) mass is 196 g/mol. The average Bonchev–Trinajstić information content (AvgIpc) is 2.13. The second kappa shape index (κ2) is 4.63. The van der Waals surface area contributed by atoms with Gasteiger partial charge in [-0.25, -0.2) is 0 Å². The van der Waals surface area contributed by atoms with E-state index in [2.05, 4.69) is 23.9 Å². The lowest BCUT2D eigenvalue weighted by Crippen LogP contribution is -2.41. The lowest BCUT2D eigenvalue weighted by Gasteiger charge is -2.39. The van der Waals surface area contributed by atoms with Gasteiger partial charge in [0, 0.05) is 6.54 Å². The lowest BCUT2D eigenvalue weighted by molar-refractivity contribution is 0.103. The van der Waals surface area contributed by atoms with Crippen LogP contribution in [0.5, 0.6) is 0 Å². The van der Waals surface area contributed by atoms with E-state index in [-0.39, 0.29) is 0 Å². The third-order valence-corrected chi connectivity index (χ3v) is 4.09. The van der Waals surface area contributed by atoms with Crippen molar-refractivity contribution in [2.45, 2.75) is 25.7 Å². The second-order valence-corrected chi connectivity index (χ2v) is 5.31. The quantitative estimate of drug-likeness (QED) is 0.581. The van der Waals surface area contributed by atoms with Crippen molar-refractivity contribution in [2.24, 2.45) is 11.8 Å². The fourth-order valence-corrected chi connectivity index (χ4v) is 3.09. The van der Waals surface area contributed by atoms with Crippen LogP contribution in [0.4, 0.5) is 0 Å². The Morgan fingerprint density at radius 3 is 2.29 bits per heavy atom. The first-order chi connectivity index (χ1) is 6.75. The Balaban J connectivity index is 1.91. The first-order valence-corrected chi connectivity index (χ1v) is 6.13. The first-order valence-electron chi connectivity index (χ1n) is 6.13. The van der Waals surface area contributed by atoms with Crippen molar-refractivity contribution in [3.05, 3.63) is 0 Å². The van der Waals surface area contributed by atoms with Gasteiger partial charge in [0.15, 0.2) is 0 Å². The van der Waals surface area contributed by atoms with Crippen LogP contribution in [-0.4, -0.2) is 50.1 Å². The number of hydrogen-bond donors (Lipinski definition) is 0. The molecule has 2 saturated heterocycles. The molecule has 0 aromatic rings. The van der Waals surface area contributed by atoms with E-state index in [4.69, 9.17) is 0 Å². The van der Waals surface area contributed by atoms with Crippen LogP contribution in [0.2, 0.25) is 0 Å². The summed E-state index contributed by atoms with van der Waals surface area (Å²) in [5, 5.41) is 0. The summed E-state index contributed by atoms with van der Waals surface area (Å²) in [6.45, 7) is 5.32. The van der Waals surface area contributed by atoms with Gasteiger partial charge in [-0.2, -0.15) is 0 Å². The van der Waals surface area contributed by atoms with Gasteiger partial charge in [-0.05, 0) is 71.2 Å². The van der Waals surface area contributed by atoms with Gasteiger partial charge in [-0.1, -0.05) is 0 Å². The van der Waals surface area contributed by atoms with Crippen LogP contribution in [0.25, 0.3) is 0 Å². The summed E-state index contributed by atoms with van der Waals surface area (Å²) in [6.07, 6.45) is 5.74. The minimum atomic E-state index is 1.00. The molecule has 0 aromatic carbocycles. The van der Waals surface area contributed by atoms with Crippen LogP contribution < -0.4 is 0 Å². The van der Waals surface area contributed by atoms with E-state index in [1.165, 1.54) is 51.9 Å². The fourth-order valence-electron chi connectivity index (χ4n) is 3.09. The molecule has 2 heteroatoms. The minimum absolute atomic E-state index is 1.00. The third-order valence-electron chi connectivity index (χ3n) is 4.09. The van der Waals surface area contributed by atoms with Crippen molar-refractivity contribution >= 4 is 0 Å². The molecule has 2 unspecified atom stereocenters. The number of nitrogens with zero attached hydrogens (tertiary/aromatic N) is 2.